The lowest BCUT2D eigenvalue weighted by Crippen LogP contribution is -2.50. The van der Waals surface area contributed by atoms with Gasteiger partial charge in [0.1, 0.15) is 5.75 Å². The van der Waals surface area contributed by atoms with Crippen LogP contribution < -0.4 is 15.4 Å². The highest BCUT2D eigenvalue weighted by Gasteiger charge is 2.24. The largest absolute Gasteiger partial charge is 0.455 e. The molecule has 2 aromatic rings. The second-order valence-corrected chi connectivity index (χ2v) is 9.30. The number of amides is 1. The molecule has 182 valence electrons. The molecule has 0 spiro atoms. The molecule has 2 N–H and O–H groups in total. The fourth-order valence-corrected chi connectivity index (χ4v) is 4.76. The number of hydrogen-bond donors (Lipinski definition) is 1. The molecule has 34 heavy (non-hydrogen) atoms. The van der Waals surface area contributed by atoms with Gasteiger partial charge in [0.2, 0.25) is 5.91 Å². The predicted octanol–water partition coefficient (Wildman–Crippen LogP) is 3.29. The number of carbonyl (C=O) groups excluding carboxylic acids is 2. The highest BCUT2D eigenvalue weighted by Crippen LogP contribution is 2.32. The summed E-state index contributed by atoms with van der Waals surface area (Å²) in [5, 5.41) is 0. The summed E-state index contributed by atoms with van der Waals surface area (Å²) < 4.78 is 6.13. The van der Waals surface area contributed by atoms with Gasteiger partial charge in [-0.1, -0.05) is 36.8 Å². The van der Waals surface area contributed by atoms with Crippen molar-refractivity contribution in [2.45, 2.75) is 38.1 Å². The topological polar surface area (TPSA) is 79.1 Å². The van der Waals surface area contributed by atoms with Gasteiger partial charge in [0.15, 0.2) is 11.5 Å². The molecule has 7 heteroatoms. The smallest absolute Gasteiger partial charge is 0.222 e. The molecule has 0 bridgehead atoms. The quantitative estimate of drug-likeness (QED) is 0.614. The van der Waals surface area contributed by atoms with Crippen molar-refractivity contribution in [2.24, 2.45) is 5.73 Å². The summed E-state index contributed by atoms with van der Waals surface area (Å²) in [5.41, 5.74) is 7.42. The minimum atomic E-state index is -0.213. The zero-order valence-corrected chi connectivity index (χ0v) is 19.9. The van der Waals surface area contributed by atoms with Gasteiger partial charge in [0.25, 0.3) is 0 Å². The Balaban J connectivity index is 1.24. The van der Waals surface area contributed by atoms with Crippen molar-refractivity contribution in [3.63, 3.8) is 0 Å². The molecule has 0 saturated carbocycles. The van der Waals surface area contributed by atoms with Crippen LogP contribution in [-0.4, -0.2) is 73.3 Å². The van der Waals surface area contributed by atoms with Gasteiger partial charge in [-0.15, -0.1) is 0 Å². The van der Waals surface area contributed by atoms with E-state index in [0.29, 0.717) is 25.9 Å². The number of carbonyl (C=O) groups is 2. The van der Waals surface area contributed by atoms with Gasteiger partial charge in [0.05, 0.1) is 12.2 Å². The van der Waals surface area contributed by atoms with E-state index >= 15 is 0 Å². The summed E-state index contributed by atoms with van der Waals surface area (Å²) in [5.74, 6) is 1.85. The Hall–Kier alpha value is -2.90. The second-order valence-electron chi connectivity index (χ2n) is 9.30. The third-order valence-electron chi connectivity index (χ3n) is 6.57. The number of hydrogen-bond acceptors (Lipinski definition) is 6. The number of piperazine rings is 1. The molecule has 2 saturated heterocycles. The summed E-state index contributed by atoms with van der Waals surface area (Å²) in [4.78, 5) is 31.1. The maximum atomic E-state index is 12.5. The standard InChI is InChI=1S/C27H36N4O3/c28-22(19-23(32)21-31-14-8-2-5-13-27(31)33)20-29-15-17-30(18-16-29)25-11-6-7-12-26(25)34-24-9-3-1-4-10-24/h1,3-4,6-7,9-12,22H,2,5,8,13-21,28H2. The molecule has 0 aliphatic carbocycles. The summed E-state index contributed by atoms with van der Waals surface area (Å²) in [6, 6.07) is 17.8. The molecule has 7 nitrogen and oxygen atoms in total. The highest BCUT2D eigenvalue weighted by molar-refractivity contribution is 5.86. The first-order valence-electron chi connectivity index (χ1n) is 12.4. The fraction of sp³-hybridized carbons (Fsp3) is 0.481. The molecule has 2 heterocycles. The van der Waals surface area contributed by atoms with Gasteiger partial charge in [-0.3, -0.25) is 14.5 Å². The number of nitrogens with zero attached hydrogens (tertiary/aromatic N) is 3. The Labute approximate surface area is 202 Å². The first-order chi connectivity index (χ1) is 16.6. The molecule has 0 aromatic heterocycles. The molecular weight excluding hydrogens is 428 g/mol. The normalized spacial score (nSPS) is 18.4. The van der Waals surface area contributed by atoms with Crippen molar-refractivity contribution in [1.82, 2.24) is 9.80 Å². The van der Waals surface area contributed by atoms with Crippen LogP contribution in [-0.2, 0) is 9.59 Å². The number of rotatable bonds is 9. The number of anilines is 1. The van der Waals surface area contributed by atoms with E-state index in [1.807, 2.05) is 48.5 Å². The average molecular weight is 465 g/mol. The highest BCUT2D eigenvalue weighted by atomic mass is 16.5. The van der Waals surface area contributed by atoms with Crippen molar-refractivity contribution < 1.29 is 14.3 Å². The van der Waals surface area contributed by atoms with Gasteiger partial charge in [0, 0.05) is 58.2 Å². The SMILES string of the molecule is NC(CC(=O)CN1CCCCCC1=O)CN1CCN(c2ccccc2Oc2ccccc2)CC1. The van der Waals surface area contributed by atoms with Crippen LogP contribution in [0.3, 0.4) is 0 Å². The monoisotopic (exact) mass is 464 g/mol. The van der Waals surface area contributed by atoms with Crippen molar-refractivity contribution in [3.05, 3.63) is 54.6 Å². The molecule has 2 fully saturated rings. The first-order valence-corrected chi connectivity index (χ1v) is 12.4. The first kappa shape index (κ1) is 24.2. The lowest BCUT2D eigenvalue weighted by Gasteiger charge is -2.37. The van der Waals surface area contributed by atoms with E-state index in [4.69, 9.17) is 10.5 Å². The van der Waals surface area contributed by atoms with Gasteiger partial charge < -0.3 is 20.3 Å². The molecule has 1 unspecified atom stereocenters. The number of para-hydroxylation sites is 3. The maximum Gasteiger partial charge on any atom is 0.222 e. The van der Waals surface area contributed by atoms with E-state index in [1.165, 1.54) is 0 Å². The Morgan fingerprint density at radius 3 is 2.44 bits per heavy atom. The zero-order chi connectivity index (χ0) is 23.8. The molecule has 2 aliphatic heterocycles. The van der Waals surface area contributed by atoms with E-state index in [2.05, 4.69) is 15.9 Å². The van der Waals surface area contributed by atoms with Crippen LogP contribution in [0.2, 0.25) is 0 Å². The van der Waals surface area contributed by atoms with Gasteiger partial charge >= 0.3 is 0 Å². The molecular formula is C27H36N4O3. The Kier molecular flexibility index (Phi) is 8.55. The van der Waals surface area contributed by atoms with E-state index in [1.54, 1.807) is 4.90 Å². The number of ketones is 1. The molecule has 2 aliphatic rings. The van der Waals surface area contributed by atoms with Crippen molar-refractivity contribution in [3.8, 4) is 11.5 Å². The average Bonchev–Trinajstić information content (AvgIpc) is 3.04. The second kappa shape index (κ2) is 12.0. The molecule has 0 radical (unpaired) electrons. The van der Waals surface area contributed by atoms with Crippen molar-refractivity contribution in [1.29, 1.82) is 0 Å². The van der Waals surface area contributed by atoms with Crippen LogP contribution in [0, 0.1) is 0 Å². The van der Waals surface area contributed by atoms with Crippen LogP contribution in [0.1, 0.15) is 32.1 Å². The van der Waals surface area contributed by atoms with Crippen LogP contribution in [0.4, 0.5) is 5.69 Å². The zero-order valence-electron chi connectivity index (χ0n) is 19.9. The van der Waals surface area contributed by atoms with E-state index < -0.39 is 0 Å². The van der Waals surface area contributed by atoms with Crippen LogP contribution in [0.25, 0.3) is 0 Å². The predicted molar refractivity (Wildman–Crippen MR) is 134 cm³/mol. The lowest BCUT2D eigenvalue weighted by atomic mass is 10.1. The molecule has 4 rings (SSSR count). The van der Waals surface area contributed by atoms with Crippen LogP contribution >= 0.6 is 0 Å². The summed E-state index contributed by atoms with van der Waals surface area (Å²) >= 11 is 0. The number of Topliss-reactive ketones (excluding diaryl/α,β-unsaturated/α-hetero) is 1. The van der Waals surface area contributed by atoms with Gasteiger partial charge in [-0.25, -0.2) is 0 Å². The number of likely N-dealkylation sites (tertiary alicyclic amines) is 1. The van der Waals surface area contributed by atoms with E-state index in [0.717, 1.165) is 62.6 Å². The van der Waals surface area contributed by atoms with Gasteiger partial charge in [-0.05, 0) is 37.1 Å². The lowest BCUT2D eigenvalue weighted by molar-refractivity contribution is -0.135. The van der Waals surface area contributed by atoms with Gasteiger partial charge in [-0.2, -0.15) is 0 Å². The fourth-order valence-electron chi connectivity index (χ4n) is 4.76. The Bertz CT molecular complexity index is 944. The van der Waals surface area contributed by atoms with Crippen LogP contribution in [0.5, 0.6) is 11.5 Å². The van der Waals surface area contributed by atoms with Crippen molar-refractivity contribution >= 4 is 17.4 Å². The van der Waals surface area contributed by atoms with E-state index in [-0.39, 0.29) is 24.3 Å². The number of benzene rings is 2. The molecule has 1 atom stereocenters. The van der Waals surface area contributed by atoms with Crippen molar-refractivity contribution in [2.75, 3.05) is 50.7 Å². The minimum absolute atomic E-state index is 0.0633. The molecule has 1 amide bonds. The van der Waals surface area contributed by atoms with E-state index in [9.17, 15) is 9.59 Å². The summed E-state index contributed by atoms with van der Waals surface area (Å²) in [6.45, 7) is 5.10. The number of nitrogens with two attached hydrogens (primary N) is 1. The third-order valence-corrected chi connectivity index (χ3v) is 6.57. The summed E-state index contributed by atoms with van der Waals surface area (Å²) in [6.07, 6.45) is 3.85. The molecule has 2 aromatic carbocycles. The van der Waals surface area contributed by atoms with Crippen LogP contribution in [0.15, 0.2) is 54.6 Å². The maximum absolute atomic E-state index is 12.5. The Morgan fingerprint density at radius 1 is 0.912 bits per heavy atom. The third kappa shape index (κ3) is 6.81. The minimum Gasteiger partial charge on any atom is -0.455 e. The summed E-state index contributed by atoms with van der Waals surface area (Å²) in [7, 11) is 0. The number of ether oxygens (including phenoxy) is 1. The Morgan fingerprint density at radius 2 is 1.65 bits per heavy atom.